The molecule has 0 saturated carbocycles. The van der Waals surface area contributed by atoms with Crippen LogP contribution in [0, 0.1) is 0 Å². The first-order valence-electron chi connectivity index (χ1n) is 5.72. The molecule has 0 fully saturated rings. The number of nitrogens with one attached hydrogen (secondary N) is 1. The number of nitrogens with two attached hydrogens (primary N) is 1. The van der Waals surface area contributed by atoms with E-state index in [0.29, 0.717) is 0 Å². The van der Waals surface area contributed by atoms with Crippen molar-refractivity contribution in [3.8, 4) is 0 Å². The maximum Gasteiger partial charge on any atom is 0.0952 e. The number of hydrogen-bond acceptors (Lipinski definition) is 4. The van der Waals surface area contributed by atoms with Crippen LogP contribution in [0.3, 0.4) is 0 Å². The number of nitrogens with zero attached hydrogens (tertiary/aromatic N) is 1. The molecule has 4 nitrogen and oxygen atoms in total. The highest BCUT2D eigenvalue weighted by atomic mass is 16.3. The van der Waals surface area contributed by atoms with Crippen molar-refractivity contribution >= 4 is 22.1 Å². The molecule has 4 heteroatoms. The number of hydrogen-bond donors (Lipinski definition) is 2. The van der Waals surface area contributed by atoms with Crippen LogP contribution in [0.4, 0.5) is 11.4 Å². The summed E-state index contributed by atoms with van der Waals surface area (Å²) in [5.74, 6) is 0. The Morgan fingerprint density at radius 2 is 2.11 bits per heavy atom. The van der Waals surface area contributed by atoms with Crippen LogP contribution in [-0.4, -0.2) is 4.98 Å². The first kappa shape index (κ1) is 10.7. The zero-order valence-electron chi connectivity index (χ0n) is 9.76. The third kappa shape index (κ3) is 1.88. The van der Waals surface area contributed by atoms with Crippen molar-refractivity contribution in [2.75, 3.05) is 11.1 Å². The first-order valence-corrected chi connectivity index (χ1v) is 5.72. The standard InChI is InChI=1S/C14H13N3O/c15-13-1-2-14(11-3-5-16-8-12(11)13)17-7-10-4-6-18-9-10/h1-6,8-9,17H,7,15H2. The molecule has 0 unspecified atom stereocenters. The van der Waals surface area contributed by atoms with Crippen molar-refractivity contribution in [2.45, 2.75) is 6.54 Å². The number of pyridine rings is 1. The van der Waals surface area contributed by atoms with Crippen molar-refractivity contribution in [3.05, 3.63) is 54.7 Å². The van der Waals surface area contributed by atoms with E-state index in [0.717, 1.165) is 34.3 Å². The molecule has 18 heavy (non-hydrogen) atoms. The minimum absolute atomic E-state index is 0.720. The van der Waals surface area contributed by atoms with Crippen LogP contribution in [-0.2, 0) is 6.54 Å². The smallest absolute Gasteiger partial charge is 0.0952 e. The summed E-state index contributed by atoms with van der Waals surface area (Å²) in [7, 11) is 0. The van der Waals surface area contributed by atoms with Crippen LogP contribution >= 0.6 is 0 Å². The lowest BCUT2D eigenvalue weighted by Crippen LogP contribution is -1.99. The van der Waals surface area contributed by atoms with E-state index in [4.69, 9.17) is 10.2 Å². The maximum absolute atomic E-state index is 5.93. The Labute approximate surface area is 104 Å². The van der Waals surface area contributed by atoms with Gasteiger partial charge in [0.2, 0.25) is 0 Å². The van der Waals surface area contributed by atoms with Crippen molar-refractivity contribution < 1.29 is 4.42 Å². The Morgan fingerprint density at radius 3 is 2.94 bits per heavy atom. The molecule has 3 rings (SSSR count). The fourth-order valence-corrected chi connectivity index (χ4v) is 1.96. The second-order valence-electron chi connectivity index (χ2n) is 4.11. The summed E-state index contributed by atoms with van der Waals surface area (Å²) in [5.41, 5.74) is 8.83. The molecule has 0 radical (unpaired) electrons. The molecule has 0 aliphatic carbocycles. The summed E-state index contributed by atoms with van der Waals surface area (Å²) in [4.78, 5) is 4.10. The summed E-state index contributed by atoms with van der Waals surface area (Å²) in [5, 5.41) is 5.42. The second-order valence-corrected chi connectivity index (χ2v) is 4.11. The van der Waals surface area contributed by atoms with Gasteiger partial charge in [0.05, 0.1) is 12.5 Å². The van der Waals surface area contributed by atoms with Gasteiger partial charge in [-0.25, -0.2) is 0 Å². The Bertz CT molecular complexity index is 662. The number of nitrogen functional groups attached to an aromatic ring is 1. The lowest BCUT2D eigenvalue weighted by Gasteiger charge is -2.10. The third-order valence-electron chi connectivity index (χ3n) is 2.91. The Kier molecular flexibility index (Phi) is 2.61. The number of furan rings is 1. The molecule has 90 valence electrons. The topological polar surface area (TPSA) is 64.1 Å². The van der Waals surface area contributed by atoms with E-state index in [9.17, 15) is 0 Å². The van der Waals surface area contributed by atoms with Gasteiger partial charge in [-0.15, -0.1) is 0 Å². The molecule has 0 bridgehead atoms. The van der Waals surface area contributed by atoms with Crippen LogP contribution in [0.2, 0.25) is 0 Å². The van der Waals surface area contributed by atoms with Crippen molar-refractivity contribution in [3.63, 3.8) is 0 Å². The Balaban J connectivity index is 1.94. The minimum Gasteiger partial charge on any atom is -0.472 e. The number of benzene rings is 1. The number of aromatic nitrogens is 1. The molecular formula is C14H13N3O. The van der Waals surface area contributed by atoms with E-state index in [2.05, 4.69) is 10.3 Å². The van der Waals surface area contributed by atoms with Gasteiger partial charge in [-0.05, 0) is 24.3 Å². The predicted octanol–water partition coefficient (Wildman–Crippen LogP) is 3.02. The molecule has 3 aromatic rings. The average Bonchev–Trinajstić information content (AvgIpc) is 2.92. The summed E-state index contributed by atoms with van der Waals surface area (Å²) in [6, 6.07) is 7.77. The fraction of sp³-hybridized carbons (Fsp3) is 0.0714. The van der Waals surface area contributed by atoms with Gasteiger partial charge in [-0.1, -0.05) is 0 Å². The zero-order chi connectivity index (χ0) is 12.4. The lowest BCUT2D eigenvalue weighted by molar-refractivity contribution is 0.564. The van der Waals surface area contributed by atoms with E-state index in [-0.39, 0.29) is 0 Å². The summed E-state index contributed by atoms with van der Waals surface area (Å²) in [6.45, 7) is 0.720. The van der Waals surface area contributed by atoms with E-state index in [1.54, 1.807) is 24.9 Å². The highest BCUT2D eigenvalue weighted by Gasteiger charge is 2.04. The number of rotatable bonds is 3. The quantitative estimate of drug-likeness (QED) is 0.689. The molecular weight excluding hydrogens is 226 g/mol. The van der Waals surface area contributed by atoms with Gasteiger partial charge in [0.15, 0.2) is 0 Å². The van der Waals surface area contributed by atoms with Crippen LogP contribution < -0.4 is 11.1 Å². The SMILES string of the molecule is Nc1ccc(NCc2ccoc2)c2ccncc12. The molecule has 0 atom stereocenters. The van der Waals surface area contributed by atoms with Crippen LogP contribution in [0.1, 0.15) is 5.56 Å². The number of anilines is 2. The maximum atomic E-state index is 5.93. The van der Waals surface area contributed by atoms with E-state index in [1.807, 2.05) is 24.3 Å². The van der Waals surface area contributed by atoms with Crippen molar-refractivity contribution in [1.29, 1.82) is 0 Å². The van der Waals surface area contributed by atoms with Gasteiger partial charge in [0.1, 0.15) is 0 Å². The summed E-state index contributed by atoms with van der Waals surface area (Å²) < 4.78 is 5.04. The van der Waals surface area contributed by atoms with Gasteiger partial charge in [-0.2, -0.15) is 0 Å². The van der Waals surface area contributed by atoms with E-state index < -0.39 is 0 Å². The number of fused-ring (bicyclic) bond motifs is 1. The van der Waals surface area contributed by atoms with Gasteiger partial charge < -0.3 is 15.5 Å². The lowest BCUT2D eigenvalue weighted by atomic mass is 10.1. The molecule has 0 aliphatic rings. The Morgan fingerprint density at radius 1 is 1.17 bits per heavy atom. The van der Waals surface area contributed by atoms with Crippen LogP contribution in [0.25, 0.3) is 10.8 Å². The molecule has 0 saturated heterocycles. The van der Waals surface area contributed by atoms with Gasteiger partial charge in [0.25, 0.3) is 0 Å². The second kappa shape index (κ2) is 4.41. The molecule has 3 N–H and O–H groups in total. The monoisotopic (exact) mass is 239 g/mol. The Hall–Kier alpha value is -2.49. The largest absolute Gasteiger partial charge is 0.472 e. The minimum atomic E-state index is 0.720. The van der Waals surface area contributed by atoms with Gasteiger partial charge in [-0.3, -0.25) is 4.98 Å². The molecule has 2 heterocycles. The highest BCUT2D eigenvalue weighted by Crippen LogP contribution is 2.27. The first-order chi connectivity index (χ1) is 8.84. The molecule has 1 aromatic carbocycles. The van der Waals surface area contributed by atoms with Crippen molar-refractivity contribution in [1.82, 2.24) is 4.98 Å². The van der Waals surface area contributed by atoms with Crippen LogP contribution in [0.5, 0.6) is 0 Å². The van der Waals surface area contributed by atoms with E-state index >= 15 is 0 Å². The summed E-state index contributed by atoms with van der Waals surface area (Å²) in [6.07, 6.45) is 6.95. The van der Waals surface area contributed by atoms with Gasteiger partial charge >= 0.3 is 0 Å². The van der Waals surface area contributed by atoms with E-state index in [1.165, 1.54) is 0 Å². The predicted molar refractivity (Wildman–Crippen MR) is 72.2 cm³/mol. The van der Waals surface area contributed by atoms with Crippen LogP contribution in [0.15, 0.2) is 53.6 Å². The molecule has 0 aliphatic heterocycles. The zero-order valence-corrected chi connectivity index (χ0v) is 9.76. The highest BCUT2D eigenvalue weighted by molar-refractivity contribution is 6.00. The van der Waals surface area contributed by atoms with Crippen molar-refractivity contribution in [2.24, 2.45) is 0 Å². The molecule has 0 amide bonds. The molecule has 0 spiro atoms. The summed E-state index contributed by atoms with van der Waals surface area (Å²) >= 11 is 0. The normalized spacial score (nSPS) is 10.7. The average molecular weight is 239 g/mol. The fourth-order valence-electron chi connectivity index (χ4n) is 1.96. The third-order valence-corrected chi connectivity index (χ3v) is 2.91. The van der Waals surface area contributed by atoms with Gasteiger partial charge in [0, 0.05) is 46.6 Å². The molecule has 2 aromatic heterocycles.